The van der Waals surface area contributed by atoms with E-state index < -0.39 is 23.4 Å². The summed E-state index contributed by atoms with van der Waals surface area (Å²) in [5.74, 6) is 0. The first-order valence-corrected chi connectivity index (χ1v) is 15.3. The summed E-state index contributed by atoms with van der Waals surface area (Å²) >= 11 is 11.9. The molecule has 0 saturated carbocycles. The van der Waals surface area contributed by atoms with Crippen LogP contribution in [0.4, 0.5) is 19.6 Å². The van der Waals surface area contributed by atoms with E-state index in [0.29, 0.717) is 0 Å². The minimum Gasteiger partial charge on any atom is -0.444 e. The predicted octanol–water partition coefficient (Wildman–Crippen LogP) is 9.26. The number of anilines is 2. The van der Waals surface area contributed by atoms with Crippen LogP contribution in [0.25, 0.3) is 0 Å². The van der Waals surface area contributed by atoms with Crippen LogP contribution in [0.2, 0.25) is 0 Å². The Labute approximate surface area is 216 Å². The molecule has 2 aromatic heterocycles. The Bertz CT molecular complexity index is 840. The Kier molecular flexibility index (Phi) is 13.5. The number of ether oxygens (including phenoxy) is 2. The summed E-state index contributed by atoms with van der Waals surface area (Å²) in [5, 5.41) is 6.97. The Balaban J connectivity index is 0.000000539. The topological polar surface area (TPSA) is 76.7 Å². The molecular weight excluding hydrogens is 636 g/mol. The molecule has 0 fully saturated rings. The zero-order valence-corrected chi connectivity index (χ0v) is 25.2. The molecule has 0 bridgehead atoms. The lowest BCUT2D eigenvalue weighted by atomic mass is 10.2. The summed E-state index contributed by atoms with van der Waals surface area (Å²) in [7, 11) is 0. The number of carbonyl (C=O) groups excluding carboxylic acids is 2. The van der Waals surface area contributed by atoms with E-state index in [1.807, 2.05) is 73.6 Å². The normalized spacial score (nSPS) is 10.7. The maximum atomic E-state index is 11.4. The van der Waals surface area contributed by atoms with E-state index in [-0.39, 0.29) is 0 Å². The Morgan fingerprint density at radius 2 is 1.32 bits per heavy atom. The van der Waals surface area contributed by atoms with Gasteiger partial charge in [0.2, 0.25) is 0 Å². The van der Waals surface area contributed by atoms with E-state index >= 15 is 0 Å². The number of rotatable bonds is 2. The van der Waals surface area contributed by atoms with Crippen LogP contribution in [-0.2, 0) is 9.47 Å². The Morgan fingerprint density at radius 1 is 0.839 bits per heavy atom. The number of carbonyl (C=O) groups is 2. The van der Waals surface area contributed by atoms with Crippen molar-refractivity contribution in [2.45, 2.75) is 66.6 Å². The van der Waals surface area contributed by atoms with E-state index in [4.69, 9.17) is 9.47 Å². The van der Waals surface area contributed by atoms with Crippen molar-refractivity contribution in [3.8, 4) is 0 Å². The SMILES string of the molecule is BrBr.Cc1cc(Br)c(NC(=O)OC(C)(C)C)s1.Cc1ccc(NC(=O)OC(C)(C)C)s1. The molecule has 31 heavy (non-hydrogen) atoms. The van der Waals surface area contributed by atoms with E-state index in [1.54, 1.807) is 0 Å². The van der Waals surface area contributed by atoms with E-state index in [9.17, 15) is 9.59 Å². The molecule has 2 N–H and O–H groups in total. The molecule has 2 heterocycles. The molecule has 0 aliphatic rings. The summed E-state index contributed by atoms with van der Waals surface area (Å²) < 4.78 is 11.1. The zero-order chi connectivity index (χ0) is 24.4. The summed E-state index contributed by atoms with van der Waals surface area (Å²) in [6, 6.07) is 5.78. The second-order valence-electron chi connectivity index (χ2n) is 8.20. The zero-order valence-electron chi connectivity index (χ0n) is 18.8. The van der Waals surface area contributed by atoms with Crippen molar-refractivity contribution in [3.63, 3.8) is 0 Å². The predicted molar refractivity (Wildman–Crippen MR) is 143 cm³/mol. The monoisotopic (exact) mass is 662 g/mol. The molecule has 6 nitrogen and oxygen atoms in total. The highest BCUT2D eigenvalue weighted by Crippen LogP contribution is 2.32. The minimum absolute atomic E-state index is 0.403. The molecule has 11 heteroatoms. The molecule has 0 unspecified atom stereocenters. The number of hydrogen-bond acceptors (Lipinski definition) is 6. The lowest BCUT2D eigenvalue weighted by Gasteiger charge is -2.19. The Morgan fingerprint density at radius 3 is 1.68 bits per heavy atom. The van der Waals surface area contributed by atoms with Gasteiger partial charge in [-0.3, -0.25) is 10.6 Å². The first-order valence-electron chi connectivity index (χ1n) is 9.11. The molecule has 2 aromatic rings. The molecule has 176 valence electrons. The van der Waals surface area contributed by atoms with Crippen molar-refractivity contribution >= 4 is 89.0 Å². The third-order valence-corrected chi connectivity index (χ3v) is 5.56. The minimum atomic E-state index is -0.469. The quantitative estimate of drug-likeness (QED) is 0.336. The Hall–Kier alpha value is -0.620. The third kappa shape index (κ3) is 15.0. The van der Waals surface area contributed by atoms with Crippen molar-refractivity contribution in [2.75, 3.05) is 10.6 Å². The molecule has 0 aliphatic carbocycles. The number of halogens is 3. The van der Waals surface area contributed by atoms with Crippen molar-refractivity contribution in [3.05, 3.63) is 32.4 Å². The fraction of sp³-hybridized carbons (Fsp3) is 0.500. The van der Waals surface area contributed by atoms with E-state index in [1.165, 1.54) is 22.7 Å². The molecule has 2 amide bonds. The molecule has 0 aromatic carbocycles. The second-order valence-corrected chi connectivity index (χ2v) is 11.6. The van der Waals surface area contributed by atoms with Crippen LogP contribution in [-0.4, -0.2) is 23.4 Å². The maximum Gasteiger partial charge on any atom is 0.412 e. The summed E-state index contributed by atoms with van der Waals surface area (Å²) in [4.78, 5) is 25.0. The number of hydrogen-bond donors (Lipinski definition) is 2. The first kappa shape index (κ1) is 30.4. The number of aryl methyl sites for hydroxylation is 2. The molecule has 0 radical (unpaired) electrons. The highest BCUT2D eigenvalue weighted by atomic mass is 80.9. The molecular formula is C20H29Br3N2O4S2. The smallest absolute Gasteiger partial charge is 0.412 e. The van der Waals surface area contributed by atoms with Crippen LogP contribution in [0.1, 0.15) is 51.3 Å². The maximum absolute atomic E-state index is 11.4. The van der Waals surface area contributed by atoms with Gasteiger partial charge in [0.05, 0.1) is 9.47 Å². The van der Waals surface area contributed by atoms with Gasteiger partial charge in [-0.25, -0.2) is 9.59 Å². The lowest BCUT2D eigenvalue weighted by molar-refractivity contribution is 0.0625. The summed E-state index contributed by atoms with van der Waals surface area (Å²) in [5.41, 5.74) is -0.917. The number of thiophene rings is 2. The van der Waals surface area contributed by atoms with Gasteiger partial charge in [-0.2, -0.15) is 0 Å². The first-order chi connectivity index (χ1) is 14.1. The number of amides is 2. The van der Waals surface area contributed by atoms with Crippen LogP contribution in [0.15, 0.2) is 22.7 Å². The second kappa shape index (κ2) is 13.8. The van der Waals surface area contributed by atoms with Crippen molar-refractivity contribution in [2.24, 2.45) is 0 Å². The standard InChI is InChI=1S/C10H14BrNO2S.C10H15NO2S.Br2/c1-6-5-7(11)8(15-6)12-9(13)14-10(2,3)4;1-7-5-6-8(14-7)11-9(12)13-10(2,3)4;1-2/h5H,1-4H3,(H,12,13);5-6H,1-4H3,(H,11,12);. The number of nitrogens with one attached hydrogen (secondary N) is 2. The van der Waals surface area contributed by atoms with Gasteiger partial charge < -0.3 is 9.47 Å². The van der Waals surface area contributed by atoms with Crippen molar-refractivity contribution < 1.29 is 19.1 Å². The average Bonchev–Trinajstić information content (AvgIpc) is 3.11. The van der Waals surface area contributed by atoms with E-state index in [0.717, 1.165) is 24.2 Å². The highest BCUT2D eigenvalue weighted by molar-refractivity contribution is 9.93. The summed E-state index contributed by atoms with van der Waals surface area (Å²) in [6.45, 7) is 15.0. The van der Waals surface area contributed by atoms with Crippen molar-refractivity contribution in [1.29, 1.82) is 0 Å². The van der Waals surface area contributed by atoms with Gasteiger partial charge in [-0.1, -0.05) is 0 Å². The molecule has 2 rings (SSSR count). The highest BCUT2D eigenvalue weighted by Gasteiger charge is 2.18. The van der Waals surface area contributed by atoms with Crippen LogP contribution >= 0.6 is 66.9 Å². The van der Waals surface area contributed by atoms with Gasteiger partial charge in [-0.05, 0) is 89.5 Å². The van der Waals surface area contributed by atoms with Gasteiger partial charge in [-0.15, -0.1) is 22.7 Å². The average molecular weight is 665 g/mol. The van der Waals surface area contributed by atoms with Crippen molar-refractivity contribution in [1.82, 2.24) is 0 Å². The molecule has 0 aliphatic heterocycles. The van der Waals surface area contributed by atoms with Crippen LogP contribution in [0.3, 0.4) is 0 Å². The summed E-state index contributed by atoms with van der Waals surface area (Å²) in [6.07, 6.45) is -0.829. The lowest BCUT2D eigenvalue weighted by Crippen LogP contribution is -2.27. The van der Waals surface area contributed by atoms with Crippen LogP contribution in [0.5, 0.6) is 0 Å². The van der Waals surface area contributed by atoms with Crippen LogP contribution < -0.4 is 10.6 Å². The van der Waals surface area contributed by atoms with Gasteiger partial charge in [0.1, 0.15) is 16.2 Å². The largest absolute Gasteiger partial charge is 0.444 e. The van der Waals surface area contributed by atoms with Gasteiger partial charge in [0.25, 0.3) is 0 Å². The van der Waals surface area contributed by atoms with Gasteiger partial charge in [0, 0.05) is 38.0 Å². The fourth-order valence-electron chi connectivity index (χ4n) is 1.87. The van der Waals surface area contributed by atoms with Gasteiger partial charge >= 0.3 is 12.2 Å². The van der Waals surface area contributed by atoms with E-state index in [2.05, 4.69) is 54.8 Å². The van der Waals surface area contributed by atoms with Gasteiger partial charge in [0.15, 0.2) is 0 Å². The van der Waals surface area contributed by atoms with Crippen LogP contribution in [0, 0.1) is 13.8 Å². The fourth-order valence-corrected chi connectivity index (χ4v) is 4.25. The third-order valence-electron chi connectivity index (χ3n) is 2.79. The molecule has 0 spiro atoms. The molecule has 0 atom stereocenters. The molecule has 0 saturated heterocycles.